The van der Waals surface area contributed by atoms with Crippen molar-refractivity contribution in [1.29, 1.82) is 0 Å². The van der Waals surface area contributed by atoms with Crippen LogP contribution in [0.5, 0.6) is 0 Å². The Hall–Kier alpha value is -3.15. The highest BCUT2D eigenvalue weighted by molar-refractivity contribution is 5.95. The summed E-state index contributed by atoms with van der Waals surface area (Å²) in [6, 6.07) is 17.9. The molecule has 3 aliphatic rings. The van der Waals surface area contributed by atoms with Crippen molar-refractivity contribution >= 4 is 17.7 Å². The number of rotatable bonds is 5. The summed E-state index contributed by atoms with van der Waals surface area (Å²) in [5.41, 5.74) is 2.39. The fourth-order valence-electron chi connectivity index (χ4n) is 6.16. The van der Waals surface area contributed by atoms with E-state index in [4.69, 9.17) is 0 Å². The number of fused-ring (bicyclic) bond motifs is 1. The third kappa shape index (κ3) is 4.71. The number of nitrogens with zero attached hydrogens (tertiary/aromatic N) is 3. The predicted octanol–water partition coefficient (Wildman–Crippen LogP) is 4.39. The molecule has 0 unspecified atom stereocenters. The van der Waals surface area contributed by atoms with Gasteiger partial charge in [0.25, 0.3) is 5.91 Å². The Labute approximate surface area is 207 Å². The van der Waals surface area contributed by atoms with Gasteiger partial charge in [0.1, 0.15) is 0 Å². The molecule has 0 spiro atoms. The summed E-state index contributed by atoms with van der Waals surface area (Å²) in [5.74, 6) is 0.406. The van der Waals surface area contributed by atoms with Gasteiger partial charge in [0.15, 0.2) is 0 Å². The van der Waals surface area contributed by atoms with Crippen LogP contribution in [0.3, 0.4) is 0 Å². The highest BCUT2D eigenvalue weighted by Crippen LogP contribution is 2.40. The highest BCUT2D eigenvalue weighted by atomic mass is 16.2. The van der Waals surface area contributed by atoms with E-state index >= 15 is 0 Å². The second-order valence-corrected chi connectivity index (χ2v) is 10.5. The number of hydrogen-bond donors (Lipinski definition) is 0. The smallest absolute Gasteiger partial charge is 0.254 e. The van der Waals surface area contributed by atoms with Crippen molar-refractivity contribution in [2.45, 2.75) is 76.5 Å². The van der Waals surface area contributed by atoms with Crippen molar-refractivity contribution < 1.29 is 14.4 Å². The quantitative estimate of drug-likeness (QED) is 0.647. The van der Waals surface area contributed by atoms with Crippen LogP contribution in [0, 0.1) is 0 Å². The second-order valence-electron chi connectivity index (χ2n) is 10.5. The van der Waals surface area contributed by atoms with Crippen LogP contribution >= 0.6 is 0 Å². The van der Waals surface area contributed by atoms with Gasteiger partial charge in [-0.2, -0.15) is 0 Å². The Bertz CT molecular complexity index is 1100. The summed E-state index contributed by atoms with van der Waals surface area (Å²) in [5, 5.41) is 0. The van der Waals surface area contributed by atoms with Gasteiger partial charge in [-0.3, -0.25) is 14.4 Å². The van der Waals surface area contributed by atoms with Gasteiger partial charge >= 0.3 is 0 Å². The van der Waals surface area contributed by atoms with E-state index in [2.05, 4.69) is 24.0 Å². The molecule has 3 saturated heterocycles. The van der Waals surface area contributed by atoms with Crippen molar-refractivity contribution in [3.05, 3.63) is 71.3 Å². The zero-order chi connectivity index (χ0) is 24.4. The fraction of sp³-hybridized carbons (Fsp3) is 0.483. The molecule has 3 amide bonds. The Morgan fingerprint density at radius 1 is 0.886 bits per heavy atom. The van der Waals surface area contributed by atoms with Gasteiger partial charge in [0, 0.05) is 44.6 Å². The van der Waals surface area contributed by atoms with Crippen LogP contribution in [0.25, 0.3) is 0 Å². The molecule has 2 aromatic carbocycles. The van der Waals surface area contributed by atoms with Gasteiger partial charge in [0.2, 0.25) is 11.8 Å². The first-order valence-corrected chi connectivity index (χ1v) is 13.0. The molecular weight excluding hydrogens is 438 g/mol. The van der Waals surface area contributed by atoms with Crippen molar-refractivity contribution in [3.8, 4) is 0 Å². The first-order valence-electron chi connectivity index (χ1n) is 13.0. The molecule has 5 rings (SSSR count). The van der Waals surface area contributed by atoms with Gasteiger partial charge < -0.3 is 14.7 Å². The number of hydrogen-bond acceptors (Lipinski definition) is 3. The molecule has 0 radical (unpaired) electrons. The van der Waals surface area contributed by atoms with E-state index in [1.165, 1.54) is 0 Å². The summed E-state index contributed by atoms with van der Waals surface area (Å²) >= 11 is 0. The summed E-state index contributed by atoms with van der Waals surface area (Å²) in [6.07, 6.45) is 5.59. The molecule has 0 N–H and O–H groups in total. The molecule has 6 nitrogen and oxygen atoms in total. The van der Waals surface area contributed by atoms with Gasteiger partial charge in [0.05, 0.1) is 11.6 Å². The number of likely N-dealkylation sites (tertiary alicyclic amines) is 3. The highest BCUT2D eigenvalue weighted by Gasteiger charge is 2.51. The first-order chi connectivity index (χ1) is 17.0. The van der Waals surface area contributed by atoms with Crippen LogP contribution in [0.15, 0.2) is 54.6 Å². The third-order valence-corrected chi connectivity index (χ3v) is 8.15. The lowest BCUT2D eigenvalue weighted by Gasteiger charge is -2.45. The average molecular weight is 474 g/mol. The van der Waals surface area contributed by atoms with E-state index in [-0.39, 0.29) is 29.3 Å². The molecule has 0 aliphatic carbocycles. The number of amides is 3. The van der Waals surface area contributed by atoms with E-state index in [0.717, 1.165) is 49.8 Å². The lowest BCUT2D eigenvalue weighted by molar-refractivity contribution is -0.140. The number of carbonyl (C=O) groups is 3. The molecule has 35 heavy (non-hydrogen) atoms. The largest absolute Gasteiger partial charge is 0.338 e. The maximum Gasteiger partial charge on any atom is 0.254 e. The van der Waals surface area contributed by atoms with Gasteiger partial charge in [-0.25, -0.2) is 0 Å². The lowest BCUT2D eigenvalue weighted by atomic mass is 9.84. The van der Waals surface area contributed by atoms with Crippen LogP contribution in [0.4, 0.5) is 0 Å². The SMILES string of the molecule is C[C@]12CCN(C(=O)c3cccc(CN4CCCC4=O)c3)[C@H]1CCCCC(=O)N2Cc1ccccc1. The predicted molar refractivity (Wildman–Crippen MR) is 134 cm³/mol. The normalized spacial score (nSPS) is 24.9. The van der Waals surface area contributed by atoms with Crippen molar-refractivity contribution in [2.24, 2.45) is 0 Å². The molecule has 3 fully saturated rings. The fourth-order valence-corrected chi connectivity index (χ4v) is 6.16. The summed E-state index contributed by atoms with van der Waals surface area (Å²) in [4.78, 5) is 45.1. The van der Waals surface area contributed by atoms with Crippen LogP contribution in [0.1, 0.15) is 73.4 Å². The zero-order valence-corrected chi connectivity index (χ0v) is 20.6. The van der Waals surface area contributed by atoms with Gasteiger partial charge in [-0.05, 0) is 55.9 Å². The van der Waals surface area contributed by atoms with E-state index in [1.807, 2.05) is 52.3 Å². The second kappa shape index (κ2) is 9.84. The topological polar surface area (TPSA) is 60.9 Å². The van der Waals surface area contributed by atoms with Crippen LogP contribution in [0.2, 0.25) is 0 Å². The van der Waals surface area contributed by atoms with Crippen molar-refractivity contribution in [3.63, 3.8) is 0 Å². The van der Waals surface area contributed by atoms with Gasteiger partial charge in [-0.1, -0.05) is 48.9 Å². The Kier molecular flexibility index (Phi) is 6.63. The van der Waals surface area contributed by atoms with E-state index in [1.54, 1.807) is 0 Å². The average Bonchev–Trinajstić information content (AvgIpc) is 3.42. The summed E-state index contributed by atoms with van der Waals surface area (Å²) in [6.45, 7) is 4.74. The molecule has 0 saturated carbocycles. The molecule has 2 aromatic rings. The van der Waals surface area contributed by atoms with Crippen molar-refractivity contribution in [1.82, 2.24) is 14.7 Å². The molecule has 3 aliphatic heterocycles. The van der Waals surface area contributed by atoms with Crippen LogP contribution in [-0.4, -0.2) is 57.1 Å². The maximum atomic E-state index is 13.8. The molecule has 0 aromatic heterocycles. The van der Waals surface area contributed by atoms with Crippen LogP contribution < -0.4 is 0 Å². The lowest BCUT2D eigenvalue weighted by Crippen LogP contribution is -2.58. The zero-order valence-electron chi connectivity index (χ0n) is 20.6. The number of carbonyl (C=O) groups excluding carboxylic acids is 3. The molecule has 0 bridgehead atoms. The first kappa shape index (κ1) is 23.6. The molecule has 6 heteroatoms. The monoisotopic (exact) mass is 473 g/mol. The minimum atomic E-state index is -0.386. The van der Waals surface area contributed by atoms with E-state index < -0.39 is 0 Å². The van der Waals surface area contributed by atoms with E-state index in [9.17, 15) is 14.4 Å². The summed E-state index contributed by atoms with van der Waals surface area (Å²) < 4.78 is 0. The summed E-state index contributed by atoms with van der Waals surface area (Å²) in [7, 11) is 0. The Balaban J connectivity index is 1.38. The maximum absolute atomic E-state index is 13.8. The molecule has 184 valence electrons. The van der Waals surface area contributed by atoms with Crippen LogP contribution in [-0.2, 0) is 22.7 Å². The molecule has 2 atom stereocenters. The minimum Gasteiger partial charge on any atom is -0.338 e. The minimum absolute atomic E-state index is 0.00761. The van der Waals surface area contributed by atoms with Crippen molar-refractivity contribution in [2.75, 3.05) is 13.1 Å². The number of benzene rings is 2. The Morgan fingerprint density at radius 2 is 1.66 bits per heavy atom. The third-order valence-electron chi connectivity index (χ3n) is 8.15. The standard InChI is InChI=1S/C29H35N3O3/c1-29-16-18-31(28(35)24-12-7-11-23(19-24)20-30-17-8-15-26(30)33)25(29)13-5-6-14-27(34)32(29)21-22-9-3-2-4-10-22/h2-4,7,9-12,19,25H,5-6,8,13-18,20-21H2,1H3/t25-,29-/m0/s1. The molecular formula is C29H35N3O3. The van der Waals surface area contributed by atoms with E-state index in [0.29, 0.717) is 38.0 Å². The Morgan fingerprint density at radius 3 is 2.43 bits per heavy atom. The molecule has 3 heterocycles. The van der Waals surface area contributed by atoms with Gasteiger partial charge in [-0.15, -0.1) is 0 Å².